The Morgan fingerprint density at radius 3 is 2.69 bits per heavy atom. The van der Waals surface area contributed by atoms with Crippen molar-refractivity contribution in [2.75, 3.05) is 49.4 Å². The minimum absolute atomic E-state index is 0.0373. The summed E-state index contributed by atoms with van der Waals surface area (Å²) in [5.74, 6) is 0.495. The predicted octanol–water partition coefficient (Wildman–Crippen LogP) is 5.83. The van der Waals surface area contributed by atoms with E-state index >= 15 is 4.39 Å². The van der Waals surface area contributed by atoms with Gasteiger partial charge in [-0.3, -0.25) is 4.98 Å². The van der Waals surface area contributed by atoms with E-state index in [0.717, 1.165) is 23.3 Å². The topological polar surface area (TPSA) is 116 Å². The molecule has 1 aliphatic heterocycles. The molecule has 0 aliphatic carbocycles. The largest absolute Gasteiger partial charge is 0.450 e. The lowest BCUT2D eigenvalue weighted by molar-refractivity contribution is 0.0214. The molecule has 0 saturated carbocycles. The number of nitrogens with two attached hydrogens (primary N) is 1. The van der Waals surface area contributed by atoms with Crippen LogP contribution in [0.3, 0.4) is 0 Å². The molecule has 3 aromatic heterocycles. The molecule has 0 saturated heterocycles. The quantitative estimate of drug-likeness (QED) is 0.111. The van der Waals surface area contributed by atoms with Gasteiger partial charge in [-0.05, 0) is 35.6 Å². The first-order valence-corrected chi connectivity index (χ1v) is 16.9. The lowest BCUT2D eigenvalue weighted by Crippen LogP contribution is -2.12. The van der Waals surface area contributed by atoms with E-state index in [1.54, 1.807) is 0 Å². The summed E-state index contributed by atoms with van der Waals surface area (Å²) in [5, 5.41) is 10.8. The van der Waals surface area contributed by atoms with E-state index < -0.39 is 21.7 Å². The summed E-state index contributed by atoms with van der Waals surface area (Å²) in [6.45, 7) is 2.70. The first-order valence-electron chi connectivity index (χ1n) is 12.0. The molecular weight excluding hydrogens is 565 g/mol. The summed E-state index contributed by atoms with van der Waals surface area (Å²) in [4.78, 5) is 13.3. The van der Waals surface area contributed by atoms with E-state index in [9.17, 15) is 9.65 Å². The Labute approximate surface area is 234 Å². The zero-order valence-corrected chi connectivity index (χ0v) is 24.3. The van der Waals surface area contributed by atoms with Gasteiger partial charge in [0, 0.05) is 16.7 Å². The number of fused-ring (bicyclic) bond motifs is 4. The van der Waals surface area contributed by atoms with Crippen LogP contribution in [0.2, 0.25) is 0 Å². The highest BCUT2D eigenvalue weighted by molar-refractivity contribution is 8.32. The molecule has 4 heterocycles. The molecule has 4 aromatic rings. The lowest BCUT2D eigenvalue weighted by atomic mass is 9.93. The zero-order chi connectivity index (χ0) is 27.9. The van der Waals surface area contributed by atoms with Gasteiger partial charge >= 0.3 is 0 Å². The van der Waals surface area contributed by atoms with Crippen molar-refractivity contribution < 1.29 is 23.0 Å². The fraction of sp³-hybridized carbons (Fsp3) is 0.385. The van der Waals surface area contributed by atoms with Crippen LogP contribution in [0, 0.1) is 23.0 Å². The second kappa shape index (κ2) is 11.0. The Morgan fingerprint density at radius 2 is 1.97 bits per heavy atom. The van der Waals surface area contributed by atoms with E-state index in [2.05, 4.69) is 33.7 Å². The van der Waals surface area contributed by atoms with E-state index in [1.165, 1.54) is 11.8 Å². The Kier molecular flexibility index (Phi) is 7.85. The molecule has 0 radical (unpaired) electrons. The maximum absolute atomic E-state index is 16.6. The van der Waals surface area contributed by atoms with Crippen LogP contribution in [0.25, 0.3) is 32.2 Å². The molecule has 0 spiro atoms. The molecule has 1 aromatic carbocycles. The molecule has 13 heteroatoms. The van der Waals surface area contributed by atoms with E-state index in [1.807, 2.05) is 13.0 Å². The third-order valence-corrected chi connectivity index (χ3v) is 9.33. The highest BCUT2D eigenvalue weighted by Crippen LogP contribution is 2.46. The van der Waals surface area contributed by atoms with Crippen LogP contribution in [-0.4, -0.2) is 58.6 Å². The minimum Gasteiger partial charge on any atom is -0.450 e. The van der Waals surface area contributed by atoms with Crippen molar-refractivity contribution in [3.05, 3.63) is 34.5 Å². The third-order valence-electron chi connectivity index (χ3n) is 6.18. The average molecular weight is 592 g/mol. The van der Waals surface area contributed by atoms with Crippen LogP contribution < -0.4 is 10.5 Å². The van der Waals surface area contributed by atoms with Crippen LogP contribution in [0.1, 0.15) is 23.6 Å². The number of hydrogen-bond donors (Lipinski definition) is 1. The molecule has 0 amide bonds. The smallest absolute Gasteiger partial charge is 0.228 e. The molecule has 0 atom stereocenters. The van der Waals surface area contributed by atoms with Gasteiger partial charge in [-0.2, -0.15) is 10.2 Å². The second-order valence-electron chi connectivity index (χ2n) is 9.68. The Hall–Kier alpha value is -2.76. The summed E-state index contributed by atoms with van der Waals surface area (Å²) >= 11 is 2.28. The van der Waals surface area contributed by atoms with Gasteiger partial charge in [-0.15, -0.1) is 11.3 Å². The number of pyridine rings is 1. The molecule has 1 aliphatic rings. The minimum atomic E-state index is -0.717. The highest BCUT2D eigenvalue weighted by atomic mass is 32.3. The van der Waals surface area contributed by atoms with Gasteiger partial charge in [0.05, 0.1) is 47.4 Å². The summed E-state index contributed by atoms with van der Waals surface area (Å²) in [5.41, 5.74) is 7.53. The lowest BCUT2D eigenvalue weighted by Gasteiger charge is -2.24. The fourth-order valence-corrected chi connectivity index (χ4v) is 6.48. The molecule has 0 bridgehead atoms. The summed E-state index contributed by atoms with van der Waals surface area (Å²) < 4.78 is 48.8. The molecule has 0 unspecified atom stereocenters. The van der Waals surface area contributed by atoms with Gasteiger partial charge in [0.2, 0.25) is 5.88 Å². The maximum atomic E-state index is 16.6. The average Bonchev–Trinajstić information content (AvgIpc) is 3.49. The predicted molar refractivity (Wildman–Crippen MR) is 154 cm³/mol. The number of nitriles is 1. The van der Waals surface area contributed by atoms with Crippen molar-refractivity contribution in [1.29, 1.82) is 5.26 Å². The normalized spacial score (nSPS) is 13.7. The van der Waals surface area contributed by atoms with Crippen molar-refractivity contribution in [2.24, 2.45) is 0 Å². The number of halogens is 2. The fourth-order valence-electron chi connectivity index (χ4n) is 4.38. The molecule has 5 rings (SSSR count). The van der Waals surface area contributed by atoms with Crippen molar-refractivity contribution in [2.45, 2.75) is 25.3 Å². The number of benzene rings is 1. The van der Waals surface area contributed by atoms with E-state index in [0.29, 0.717) is 34.0 Å². The van der Waals surface area contributed by atoms with Gasteiger partial charge in [0.1, 0.15) is 16.6 Å². The number of nitrogens with zero attached hydrogens (tertiary/aromatic N) is 4. The molecule has 0 fully saturated rings. The highest BCUT2D eigenvalue weighted by Gasteiger charge is 2.31. The monoisotopic (exact) mass is 591 g/mol. The van der Waals surface area contributed by atoms with Crippen LogP contribution in [0.15, 0.2) is 11.4 Å². The van der Waals surface area contributed by atoms with Crippen molar-refractivity contribution in [1.82, 2.24) is 15.0 Å². The Balaban J connectivity index is 1.70. The van der Waals surface area contributed by atoms with Gasteiger partial charge in [-0.1, -0.05) is 18.7 Å². The number of thioether (sulfide) groups is 1. The molecule has 8 nitrogen and oxygen atoms in total. The van der Waals surface area contributed by atoms with Crippen LogP contribution in [0.4, 0.5) is 13.8 Å². The van der Waals surface area contributed by atoms with E-state index in [-0.39, 0.29) is 63.3 Å². The van der Waals surface area contributed by atoms with Crippen molar-refractivity contribution >= 4 is 59.1 Å². The number of rotatable bonds is 9. The molecule has 2 N–H and O–H groups in total. The van der Waals surface area contributed by atoms with Gasteiger partial charge in [-0.25, -0.2) is 23.8 Å². The second-order valence-corrected chi connectivity index (χ2v) is 16.6. The third kappa shape index (κ3) is 5.24. The number of hydrogen-bond acceptors (Lipinski definition) is 10. The van der Waals surface area contributed by atoms with Crippen molar-refractivity contribution in [3.63, 3.8) is 0 Å². The summed E-state index contributed by atoms with van der Waals surface area (Å²) in [7, 11) is -0.717. The number of nitrogen functional groups attached to an aromatic ring is 1. The molecular formula is C26H27F2N5O3S3. The van der Waals surface area contributed by atoms with Gasteiger partial charge in [0.15, 0.2) is 23.6 Å². The number of thiophene rings is 1. The molecule has 39 heavy (non-hydrogen) atoms. The van der Waals surface area contributed by atoms with Crippen LogP contribution in [0.5, 0.6) is 5.88 Å². The zero-order valence-electron chi connectivity index (χ0n) is 21.9. The standard InChI is InChI=1S/C26H27F2N5O3S3/c1-5-37-26-32-22-19(25(33-26)36-12-34-6-7-39(2,3)4)15-11-35-10-14(15)17(20(22)28)21-18-13(8-29)24(30)38-23(18)16(27)9-31-21/h9H,5-7,10-12,30H2,1-4H3. The van der Waals surface area contributed by atoms with E-state index in [4.69, 9.17) is 19.9 Å². The Morgan fingerprint density at radius 1 is 1.21 bits per heavy atom. The summed E-state index contributed by atoms with van der Waals surface area (Å²) in [6.07, 6.45) is 7.65. The number of anilines is 1. The first kappa shape index (κ1) is 27.8. The number of aromatic nitrogens is 3. The van der Waals surface area contributed by atoms with Crippen LogP contribution >= 0.6 is 33.1 Å². The molecule has 206 valence electrons. The Bertz CT molecular complexity index is 1630. The maximum Gasteiger partial charge on any atom is 0.228 e. The van der Waals surface area contributed by atoms with Crippen LogP contribution in [-0.2, 0) is 22.7 Å². The van der Waals surface area contributed by atoms with Gasteiger partial charge in [0.25, 0.3) is 0 Å². The SMILES string of the molecule is CCSc1nc(OCOCCS(C)(C)C)c2c3c(c(-c4ncc(F)c5sc(N)c(C#N)c45)c(F)c2n1)COC3. The number of ether oxygens (including phenoxy) is 3. The van der Waals surface area contributed by atoms with Crippen molar-refractivity contribution in [3.8, 4) is 23.2 Å². The first-order chi connectivity index (χ1) is 18.6. The van der Waals surface area contributed by atoms with Gasteiger partial charge < -0.3 is 19.9 Å². The summed E-state index contributed by atoms with van der Waals surface area (Å²) in [6, 6.07) is 2.02.